The summed E-state index contributed by atoms with van der Waals surface area (Å²) < 4.78 is 5.24. The van der Waals surface area contributed by atoms with Crippen LogP contribution in [0.2, 0.25) is 0 Å². The van der Waals surface area contributed by atoms with E-state index in [1.165, 1.54) is 11.1 Å². The molecule has 0 fully saturated rings. The second-order valence-electron chi connectivity index (χ2n) is 9.46. The van der Waals surface area contributed by atoms with Crippen molar-refractivity contribution in [3.63, 3.8) is 0 Å². The van der Waals surface area contributed by atoms with Gasteiger partial charge >= 0.3 is 5.97 Å². The average molecular weight is 495 g/mol. The molecule has 192 valence electrons. The number of esters is 1. The minimum Gasteiger partial charge on any atom is -0.466 e. The summed E-state index contributed by atoms with van der Waals surface area (Å²) in [6.45, 7) is 14.7. The highest BCUT2D eigenvalue weighted by atomic mass is 16.5. The first kappa shape index (κ1) is 27.7. The van der Waals surface area contributed by atoms with Crippen LogP contribution in [0.5, 0.6) is 0 Å². The maximum Gasteiger partial charge on any atom is 0.306 e. The molecule has 3 rings (SSSR count). The van der Waals surface area contributed by atoms with Crippen LogP contribution in [0, 0.1) is 41.5 Å². The van der Waals surface area contributed by atoms with E-state index in [0.29, 0.717) is 13.0 Å². The van der Waals surface area contributed by atoms with Gasteiger partial charge < -0.3 is 10.1 Å². The average Bonchev–Trinajstić information content (AvgIpc) is 2.84. The number of allylic oxidation sites excluding steroid dienone is 1. The summed E-state index contributed by atoms with van der Waals surface area (Å²) in [5, 5.41) is 3.63. The molecule has 0 saturated carbocycles. The van der Waals surface area contributed by atoms with Gasteiger partial charge in [0.15, 0.2) is 0 Å². The summed E-state index contributed by atoms with van der Waals surface area (Å²) in [4.78, 5) is 17.5. The lowest BCUT2D eigenvalue weighted by Gasteiger charge is -2.17. The molecule has 0 aliphatic carbocycles. The van der Waals surface area contributed by atoms with Gasteiger partial charge in [-0.2, -0.15) is 0 Å². The standard InChI is InChI=1S/C33H38N2O2/c1-8-37-31(36)21-20-30(35-33-26(6)16-11-17-27(33)7)29(34-32-24(4)14-10-15-25(32)5)19-18-28-22(2)12-9-13-23(28)3/h9-18,34H,8,20-21H2,1-7H3. The van der Waals surface area contributed by atoms with E-state index in [1.54, 1.807) is 0 Å². The van der Waals surface area contributed by atoms with Crippen LogP contribution < -0.4 is 5.32 Å². The Labute approximate surface area is 221 Å². The second kappa shape index (κ2) is 12.9. The molecule has 4 nitrogen and oxygen atoms in total. The predicted octanol–water partition coefficient (Wildman–Crippen LogP) is 8.26. The summed E-state index contributed by atoms with van der Waals surface area (Å²) in [5.74, 6) is -0.234. The molecule has 0 aromatic heterocycles. The van der Waals surface area contributed by atoms with Crippen LogP contribution in [0.1, 0.15) is 58.7 Å². The zero-order valence-corrected chi connectivity index (χ0v) is 23.2. The topological polar surface area (TPSA) is 50.7 Å². The summed E-state index contributed by atoms with van der Waals surface area (Å²) in [5.41, 5.74) is 14.9. The molecule has 0 spiro atoms. The number of carbonyl (C=O) groups is 1. The van der Waals surface area contributed by atoms with E-state index in [1.807, 2.05) is 19.1 Å². The van der Waals surface area contributed by atoms with Gasteiger partial charge in [-0.05, 0) is 93.5 Å². The first-order valence-corrected chi connectivity index (χ1v) is 12.9. The predicted molar refractivity (Wildman–Crippen MR) is 156 cm³/mol. The van der Waals surface area contributed by atoms with Gasteiger partial charge in [0.2, 0.25) is 0 Å². The monoisotopic (exact) mass is 494 g/mol. The normalized spacial score (nSPS) is 11.1. The van der Waals surface area contributed by atoms with E-state index in [-0.39, 0.29) is 12.4 Å². The molecule has 0 aliphatic rings. The molecule has 1 N–H and O–H groups in total. The Hall–Kier alpha value is -3.88. The van der Waals surface area contributed by atoms with Crippen molar-refractivity contribution < 1.29 is 9.53 Å². The third-order valence-electron chi connectivity index (χ3n) is 6.48. The van der Waals surface area contributed by atoms with Gasteiger partial charge in [-0.25, -0.2) is 0 Å². The number of para-hydroxylation sites is 2. The Kier molecular flexibility index (Phi) is 9.65. The summed E-state index contributed by atoms with van der Waals surface area (Å²) in [7, 11) is 0. The van der Waals surface area contributed by atoms with Gasteiger partial charge in [0.25, 0.3) is 0 Å². The van der Waals surface area contributed by atoms with Gasteiger partial charge in [0.05, 0.1) is 24.4 Å². The van der Waals surface area contributed by atoms with Crippen LogP contribution in [0.25, 0.3) is 6.08 Å². The third-order valence-corrected chi connectivity index (χ3v) is 6.48. The number of aryl methyl sites for hydroxylation is 6. The lowest BCUT2D eigenvalue weighted by Crippen LogP contribution is -2.15. The van der Waals surface area contributed by atoms with Crippen molar-refractivity contribution in [1.82, 2.24) is 0 Å². The van der Waals surface area contributed by atoms with Crippen molar-refractivity contribution in [2.24, 2.45) is 4.99 Å². The van der Waals surface area contributed by atoms with Crippen molar-refractivity contribution in [2.45, 2.75) is 61.3 Å². The summed E-state index contributed by atoms with van der Waals surface area (Å²) in [6.07, 6.45) is 2.68. The molecule has 3 aromatic carbocycles. The molecule has 0 heterocycles. The van der Waals surface area contributed by atoms with E-state index in [9.17, 15) is 4.79 Å². The highest BCUT2D eigenvalue weighted by Crippen LogP contribution is 2.27. The van der Waals surface area contributed by atoms with Crippen molar-refractivity contribution in [3.8, 4) is 0 Å². The Bertz CT molecular complexity index is 1310. The summed E-state index contributed by atoms with van der Waals surface area (Å²) >= 11 is 0. The highest BCUT2D eigenvalue weighted by molar-refractivity contribution is 6.05. The van der Waals surface area contributed by atoms with E-state index in [4.69, 9.17) is 9.73 Å². The van der Waals surface area contributed by atoms with Crippen LogP contribution in [0.15, 0.2) is 71.0 Å². The van der Waals surface area contributed by atoms with E-state index < -0.39 is 0 Å². The molecule has 0 saturated heterocycles. The van der Waals surface area contributed by atoms with Crippen molar-refractivity contribution >= 4 is 29.1 Å². The molecule has 3 aromatic rings. The molecular weight excluding hydrogens is 456 g/mol. The Morgan fingerprint density at radius 1 is 0.811 bits per heavy atom. The van der Waals surface area contributed by atoms with Crippen LogP contribution in [0.4, 0.5) is 11.4 Å². The molecule has 0 bridgehead atoms. The molecule has 0 radical (unpaired) electrons. The minimum absolute atomic E-state index is 0.234. The molecule has 0 unspecified atom stereocenters. The van der Waals surface area contributed by atoms with Crippen LogP contribution in [0.3, 0.4) is 0 Å². The van der Waals surface area contributed by atoms with Gasteiger partial charge in [-0.3, -0.25) is 9.79 Å². The number of nitrogens with zero attached hydrogens (tertiary/aromatic N) is 1. The molecule has 0 amide bonds. The van der Waals surface area contributed by atoms with Crippen molar-refractivity contribution in [3.05, 3.63) is 105 Å². The van der Waals surface area contributed by atoms with E-state index in [2.05, 4.69) is 101 Å². The summed E-state index contributed by atoms with van der Waals surface area (Å²) in [6, 6.07) is 18.7. The third kappa shape index (κ3) is 7.31. The molecule has 4 heteroatoms. The van der Waals surface area contributed by atoms with Crippen molar-refractivity contribution in [2.75, 3.05) is 11.9 Å². The van der Waals surface area contributed by atoms with E-state index >= 15 is 0 Å². The van der Waals surface area contributed by atoms with Gasteiger partial charge in [0, 0.05) is 12.1 Å². The smallest absolute Gasteiger partial charge is 0.306 e. The number of ether oxygens (including phenoxy) is 1. The lowest BCUT2D eigenvalue weighted by molar-refractivity contribution is -0.142. The molecule has 0 atom stereocenters. The van der Waals surface area contributed by atoms with E-state index in [0.717, 1.165) is 50.6 Å². The molecule has 37 heavy (non-hydrogen) atoms. The zero-order chi connectivity index (χ0) is 26.9. The highest BCUT2D eigenvalue weighted by Gasteiger charge is 2.15. The number of hydrogen-bond acceptors (Lipinski definition) is 4. The van der Waals surface area contributed by atoms with Crippen molar-refractivity contribution in [1.29, 1.82) is 0 Å². The fraction of sp³-hybridized carbons (Fsp3) is 0.303. The Morgan fingerprint density at radius 2 is 1.32 bits per heavy atom. The first-order valence-electron chi connectivity index (χ1n) is 12.9. The lowest BCUT2D eigenvalue weighted by atomic mass is 10.0. The number of anilines is 1. The zero-order valence-electron chi connectivity index (χ0n) is 23.2. The second-order valence-corrected chi connectivity index (χ2v) is 9.46. The number of aliphatic imine (C=N–C) groups is 1. The van der Waals surface area contributed by atoms with Gasteiger partial charge in [-0.15, -0.1) is 0 Å². The minimum atomic E-state index is -0.234. The van der Waals surface area contributed by atoms with Crippen LogP contribution in [-0.2, 0) is 9.53 Å². The number of carbonyl (C=O) groups excluding carboxylic acids is 1. The fourth-order valence-electron chi connectivity index (χ4n) is 4.33. The van der Waals surface area contributed by atoms with Crippen LogP contribution >= 0.6 is 0 Å². The van der Waals surface area contributed by atoms with Crippen LogP contribution in [-0.4, -0.2) is 18.3 Å². The Balaban J connectivity index is 2.23. The molecule has 0 aliphatic heterocycles. The largest absolute Gasteiger partial charge is 0.466 e. The number of rotatable bonds is 9. The van der Waals surface area contributed by atoms with Gasteiger partial charge in [0.1, 0.15) is 5.70 Å². The quantitative estimate of drug-likeness (QED) is 0.185. The SMILES string of the molecule is CCOC(=O)CCC(=Nc1c(C)cccc1C)C(=C=Cc1c(C)cccc1C)Nc1c(C)cccc1C. The van der Waals surface area contributed by atoms with Gasteiger partial charge in [-0.1, -0.05) is 60.3 Å². The number of benzene rings is 3. The maximum absolute atomic E-state index is 12.4. The Morgan fingerprint density at radius 3 is 1.86 bits per heavy atom. The fourth-order valence-corrected chi connectivity index (χ4v) is 4.33. The maximum atomic E-state index is 12.4. The number of hydrogen-bond donors (Lipinski definition) is 1. The first-order chi connectivity index (χ1) is 17.7. The molecular formula is C33H38N2O2. The number of nitrogens with one attached hydrogen (secondary N) is 1.